The van der Waals surface area contributed by atoms with Gasteiger partial charge < -0.3 is 16.0 Å². The van der Waals surface area contributed by atoms with Gasteiger partial charge in [0.15, 0.2) is 0 Å². The second-order valence-corrected chi connectivity index (χ2v) is 8.75. The van der Waals surface area contributed by atoms with Crippen LogP contribution in [0.25, 0.3) is 0 Å². The van der Waals surface area contributed by atoms with Gasteiger partial charge in [-0.3, -0.25) is 4.79 Å². The van der Waals surface area contributed by atoms with E-state index in [0.717, 1.165) is 31.8 Å². The summed E-state index contributed by atoms with van der Waals surface area (Å²) in [6.45, 7) is 8.96. The Morgan fingerprint density at radius 2 is 1.80 bits per heavy atom. The van der Waals surface area contributed by atoms with Gasteiger partial charge in [0.1, 0.15) is 0 Å². The number of amides is 1. The highest BCUT2D eigenvalue weighted by atomic mass is 35.5. The third kappa shape index (κ3) is 5.98. The van der Waals surface area contributed by atoms with Gasteiger partial charge in [0.2, 0.25) is 5.91 Å². The number of fused-ring (bicyclic) bond motifs is 2. The fourth-order valence-electron chi connectivity index (χ4n) is 5.15. The van der Waals surface area contributed by atoms with Crippen molar-refractivity contribution in [3.63, 3.8) is 0 Å². The van der Waals surface area contributed by atoms with Gasteiger partial charge in [0.05, 0.1) is 0 Å². The quantitative estimate of drug-likeness (QED) is 0.754. The molecule has 3 rings (SSSR count). The zero-order chi connectivity index (χ0) is 16.4. The van der Waals surface area contributed by atoms with E-state index in [9.17, 15) is 4.79 Å². The van der Waals surface area contributed by atoms with Gasteiger partial charge >= 0.3 is 0 Å². The Morgan fingerprint density at radius 3 is 2.40 bits per heavy atom. The average Bonchev–Trinajstić information content (AvgIpc) is 2.91. The monoisotopic (exact) mass is 393 g/mol. The molecule has 1 saturated heterocycles. The van der Waals surface area contributed by atoms with Crippen LogP contribution in [-0.4, -0.2) is 43.0 Å². The van der Waals surface area contributed by atoms with Crippen LogP contribution in [0.2, 0.25) is 0 Å². The van der Waals surface area contributed by atoms with Crippen molar-refractivity contribution >= 4 is 30.7 Å². The minimum absolute atomic E-state index is 0. The third-order valence-electron chi connectivity index (χ3n) is 6.34. The summed E-state index contributed by atoms with van der Waals surface area (Å²) in [6, 6.07) is 0.354. The number of carbonyl (C=O) groups is 1. The van der Waals surface area contributed by atoms with Crippen molar-refractivity contribution < 1.29 is 4.79 Å². The standard InChI is InChI=1S/C19H35N3O.2ClH/c1-13(2)11-22-7-6-14(12-22)10-21-19(23)17-8-15-4-3-5-16(9-17)18(15)20;;/h13-18H,3-12,20H2,1-2H3,(H,21,23);2*1H. The summed E-state index contributed by atoms with van der Waals surface area (Å²) in [4.78, 5) is 15.1. The maximum absolute atomic E-state index is 12.6. The summed E-state index contributed by atoms with van der Waals surface area (Å²) in [5, 5.41) is 3.27. The highest BCUT2D eigenvalue weighted by molar-refractivity contribution is 5.85. The van der Waals surface area contributed by atoms with Crippen LogP contribution in [0.5, 0.6) is 0 Å². The Bertz CT molecular complexity index is 407. The van der Waals surface area contributed by atoms with Crippen LogP contribution in [0.4, 0.5) is 0 Å². The van der Waals surface area contributed by atoms with Crippen LogP contribution in [0.3, 0.4) is 0 Å². The summed E-state index contributed by atoms with van der Waals surface area (Å²) in [5.74, 6) is 3.07. The molecule has 3 N–H and O–H groups in total. The van der Waals surface area contributed by atoms with E-state index < -0.39 is 0 Å². The molecule has 1 amide bonds. The van der Waals surface area contributed by atoms with E-state index in [4.69, 9.17) is 5.73 Å². The molecule has 2 bridgehead atoms. The molecule has 0 radical (unpaired) electrons. The summed E-state index contributed by atoms with van der Waals surface area (Å²) >= 11 is 0. The molecule has 25 heavy (non-hydrogen) atoms. The summed E-state index contributed by atoms with van der Waals surface area (Å²) in [7, 11) is 0. The average molecular weight is 394 g/mol. The second-order valence-electron chi connectivity index (χ2n) is 8.75. The molecular weight excluding hydrogens is 357 g/mol. The summed E-state index contributed by atoms with van der Waals surface area (Å²) in [5.41, 5.74) is 6.34. The number of rotatable bonds is 5. The maximum Gasteiger partial charge on any atom is 0.223 e. The minimum atomic E-state index is 0. The van der Waals surface area contributed by atoms with Crippen LogP contribution < -0.4 is 11.1 Å². The Kier molecular flexibility index (Phi) is 9.52. The Hall–Kier alpha value is -0.0300. The van der Waals surface area contributed by atoms with Gasteiger partial charge in [0.25, 0.3) is 0 Å². The normalized spacial score (nSPS) is 35.0. The smallest absolute Gasteiger partial charge is 0.223 e. The van der Waals surface area contributed by atoms with Crippen molar-refractivity contribution in [1.82, 2.24) is 10.2 Å². The van der Waals surface area contributed by atoms with Crippen LogP contribution in [0, 0.1) is 29.6 Å². The van der Waals surface area contributed by atoms with Crippen molar-refractivity contribution in [2.75, 3.05) is 26.2 Å². The lowest BCUT2D eigenvalue weighted by molar-refractivity contribution is -0.128. The molecule has 1 heterocycles. The van der Waals surface area contributed by atoms with Crippen molar-refractivity contribution in [3.8, 4) is 0 Å². The van der Waals surface area contributed by atoms with E-state index >= 15 is 0 Å². The van der Waals surface area contributed by atoms with Gasteiger partial charge in [-0.25, -0.2) is 0 Å². The Balaban J connectivity index is 0.00000156. The van der Waals surface area contributed by atoms with Crippen LogP contribution in [0.1, 0.15) is 52.4 Å². The molecule has 0 aromatic carbocycles. The van der Waals surface area contributed by atoms with Gasteiger partial charge in [-0.05, 0) is 62.3 Å². The number of likely N-dealkylation sites (tertiary alicyclic amines) is 1. The highest BCUT2D eigenvalue weighted by Gasteiger charge is 2.40. The third-order valence-corrected chi connectivity index (χ3v) is 6.34. The predicted octanol–water partition coefficient (Wildman–Crippen LogP) is 3.08. The molecule has 148 valence electrons. The molecule has 3 fully saturated rings. The summed E-state index contributed by atoms with van der Waals surface area (Å²) < 4.78 is 0. The topological polar surface area (TPSA) is 58.4 Å². The second kappa shape index (κ2) is 10.3. The first-order valence-corrected chi connectivity index (χ1v) is 9.78. The number of nitrogens with zero attached hydrogens (tertiary/aromatic N) is 1. The molecule has 1 aliphatic heterocycles. The predicted molar refractivity (Wildman–Crippen MR) is 108 cm³/mol. The van der Waals surface area contributed by atoms with Gasteiger partial charge in [0, 0.05) is 31.6 Å². The Morgan fingerprint density at radius 1 is 1.16 bits per heavy atom. The van der Waals surface area contributed by atoms with Crippen molar-refractivity contribution in [3.05, 3.63) is 0 Å². The first-order valence-electron chi connectivity index (χ1n) is 9.78. The molecule has 4 nitrogen and oxygen atoms in total. The highest BCUT2D eigenvalue weighted by Crippen LogP contribution is 2.41. The lowest BCUT2D eigenvalue weighted by Gasteiger charge is -2.43. The minimum Gasteiger partial charge on any atom is -0.356 e. The molecule has 3 atom stereocenters. The fraction of sp³-hybridized carbons (Fsp3) is 0.947. The zero-order valence-electron chi connectivity index (χ0n) is 15.8. The van der Waals surface area contributed by atoms with E-state index in [1.54, 1.807) is 0 Å². The molecular formula is C19H37Cl2N3O. The Labute approximate surface area is 165 Å². The fourth-order valence-corrected chi connectivity index (χ4v) is 5.15. The first-order chi connectivity index (χ1) is 11.0. The maximum atomic E-state index is 12.6. The summed E-state index contributed by atoms with van der Waals surface area (Å²) in [6.07, 6.45) is 7.04. The molecule has 0 aromatic rings. The number of nitrogens with one attached hydrogen (secondary N) is 1. The lowest BCUT2D eigenvalue weighted by atomic mass is 9.65. The van der Waals surface area contributed by atoms with E-state index in [0.29, 0.717) is 29.7 Å². The molecule has 0 spiro atoms. The van der Waals surface area contributed by atoms with Crippen molar-refractivity contribution in [1.29, 1.82) is 0 Å². The van der Waals surface area contributed by atoms with E-state index in [1.165, 1.54) is 38.8 Å². The van der Waals surface area contributed by atoms with Gasteiger partial charge in [-0.15, -0.1) is 24.8 Å². The van der Waals surface area contributed by atoms with E-state index in [1.807, 2.05) is 0 Å². The molecule has 3 unspecified atom stereocenters. The van der Waals surface area contributed by atoms with Crippen LogP contribution in [-0.2, 0) is 4.79 Å². The molecule has 6 heteroatoms. The van der Waals surface area contributed by atoms with E-state index in [2.05, 4.69) is 24.1 Å². The van der Waals surface area contributed by atoms with Gasteiger partial charge in [-0.2, -0.15) is 0 Å². The van der Waals surface area contributed by atoms with Gasteiger partial charge in [-0.1, -0.05) is 20.3 Å². The first kappa shape index (κ1) is 23.0. The van der Waals surface area contributed by atoms with Crippen LogP contribution >= 0.6 is 24.8 Å². The van der Waals surface area contributed by atoms with Crippen molar-refractivity contribution in [2.45, 2.75) is 58.4 Å². The van der Waals surface area contributed by atoms with Crippen LogP contribution in [0.15, 0.2) is 0 Å². The number of halogens is 2. The number of hydrogen-bond donors (Lipinski definition) is 2. The number of carbonyl (C=O) groups excluding carboxylic acids is 1. The molecule has 2 aliphatic carbocycles. The van der Waals surface area contributed by atoms with Crippen molar-refractivity contribution in [2.24, 2.45) is 35.3 Å². The number of nitrogens with two attached hydrogens (primary N) is 1. The lowest BCUT2D eigenvalue weighted by Crippen LogP contribution is -2.49. The van der Waals surface area contributed by atoms with E-state index in [-0.39, 0.29) is 30.7 Å². The molecule has 3 aliphatic rings. The largest absolute Gasteiger partial charge is 0.356 e. The molecule has 2 saturated carbocycles. The zero-order valence-corrected chi connectivity index (χ0v) is 17.4. The SMILES string of the molecule is CC(C)CN1CCC(CNC(=O)C2CC3CCCC(C2)C3N)C1.Cl.Cl. The molecule has 0 aromatic heterocycles. The number of hydrogen-bond acceptors (Lipinski definition) is 3.